The van der Waals surface area contributed by atoms with Crippen LogP contribution in [-0.2, 0) is 16.1 Å². The molecule has 7 heteroatoms. The maximum absolute atomic E-state index is 13.1. The zero-order chi connectivity index (χ0) is 24.3. The van der Waals surface area contributed by atoms with Crippen LogP contribution in [0, 0.1) is 0 Å². The van der Waals surface area contributed by atoms with Gasteiger partial charge in [-0.2, -0.15) is 0 Å². The first-order valence-electron chi connectivity index (χ1n) is 12.0. The van der Waals surface area contributed by atoms with Crippen molar-refractivity contribution in [3.63, 3.8) is 0 Å². The SMILES string of the molecule is CC(C)(C)OC(=O)NC1(CNC(=O)Cn2c3ccccc3c(=O)c3ccccc32)CCCCC1. The Morgan fingerprint density at radius 1 is 0.941 bits per heavy atom. The zero-order valence-electron chi connectivity index (χ0n) is 20.1. The number of pyridine rings is 1. The summed E-state index contributed by atoms with van der Waals surface area (Å²) < 4.78 is 7.36. The van der Waals surface area contributed by atoms with E-state index >= 15 is 0 Å². The number of carbonyl (C=O) groups excluding carboxylic acids is 2. The van der Waals surface area contributed by atoms with E-state index in [1.165, 1.54) is 0 Å². The molecule has 0 spiro atoms. The molecule has 1 heterocycles. The molecule has 2 aromatic carbocycles. The van der Waals surface area contributed by atoms with Gasteiger partial charge in [0, 0.05) is 17.3 Å². The lowest BCUT2D eigenvalue weighted by molar-refractivity contribution is -0.122. The van der Waals surface area contributed by atoms with Crippen molar-refractivity contribution in [2.45, 2.75) is 70.6 Å². The molecular weight excluding hydrogens is 430 g/mol. The van der Waals surface area contributed by atoms with E-state index in [1.54, 1.807) is 12.1 Å². The number of amides is 2. The Kier molecular flexibility index (Phi) is 6.64. The van der Waals surface area contributed by atoms with Crippen molar-refractivity contribution in [2.75, 3.05) is 6.54 Å². The van der Waals surface area contributed by atoms with Crippen molar-refractivity contribution < 1.29 is 14.3 Å². The van der Waals surface area contributed by atoms with Crippen molar-refractivity contribution in [2.24, 2.45) is 0 Å². The van der Waals surface area contributed by atoms with E-state index in [9.17, 15) is 14.4 Å². The fraction of sp³-hybridized carbons (Fsp3) is 0.444. The van der Waals surface area contributed by atoms with Gasteiger partial charge in [0.05, 0.1) is 16.6 Å². The average molecular weight is 464 g/mol. The molecule has 1 aromatic heterocycles. The molecule has 0 atom stereocenters. The second-order valence-electron chi connectivity index (χ2n) is 10.2. The Balaban J connectivity index is 1.55. The van der Waals surface area contributed by atoms with Gasteiger partial charge in [-0.25, -0.2) is 4.79 Å². The summed E-state index contributed by atoms with van der Waals surface area (Å²) in [6, 6.07) is 14.7. The number of benzene rings is 2. The highest BCUT2D eigenvalue weighted by atomic mass is 16.6. The smallest absolute Gasteiger partial charge is 0.408 e. The fourth-order valence-corrected chi connectivity index (χ4v) is 4.81. The highest BCUT2D eigenvalue weighted by molar-refractivity contribution is 5.94. The predicted octanol–water partition coefficient (Wildman–Crippen LogP) is 4.50. The first-order valence-corrected chi connectivity index (χ1v) is 12.0. The Bertz CT molecular complexity index is 1210. The molecule has 0 unspecified atom stereocenters. The molecule has 2 N–H and O–H groups in total. The van der Waals surface area contributed by atoms with Gasteiger partial charge in [-0.15, -0.1) is 0 Å². The first-order chi connectivity index (χ1) is 16.2. The van der Waals surface area contributed by atoms with Crippen LogP contribution in [0.5, 0.6) is 0 Å². The Morgan fingerprint density at radius 2 is 1.50 bits per heavy atom. The van der Waals surface area contributed by atoms with Gasteiger partial charge in [0.15, 0.2) is 5.43 Å². The Morgan fingerprint density at radius 3 is 2.06 bits per heavy atom. The number of aromatic nitrogens is 1. The average Bonchev–Trinajstić information content (AvgIpc) is 2.80. The number of hydrogen-bond donors (Lipinski definition) is 2. The summed E-state index contributed by atoms with van der Waals surface area (Å²) >= 11 is 0. The quantitative estimate of drug-likeness (QED) is 0.545. The number of hydrogen-bond acceptors (Lipinski definition) is 4. The maximum atomic E-state index is 13.1. The summed E-state index contributed by atoms with van der Waals surface area (Å²) in [6.07, 6.45) is 4.20. The van der Waals surface area contributed by atoms with Crippen LogP contribution in [0.4, 0.5) is 4.79 Å². The zero-order valence-corrected chi connectivity index (χ0v) is 20.1. The Labute approximate surface area is 199 Å². The predicted molar refractivity (Wildman–Crippen MR) is 134 cm³/mol. The van der Waals surface area contributed by atoms with Crippen LogP contribution in [0.2, 0.25) is 0 Å². The number of alkyl carbamates (subject to hydrolysis) is 1. The normalized spacial score (nSPS) is 15.7. The third-order valence-electron chi connectivity index (χ3n) is 6.38. The molecule has 1 fully saturated rings. The van der Waals surface area contributed by atoms with E-state index in [0.717, 1.165) is 43.1 Å². The molecule has 0 radical (unpaired) electrons. The third kappa shape index (κ3) is 5.24. The fourth-order valence-electron chi connectivity index (χ4n) is 4.81. The van der Waals surface area contributed by atoms with Crippen molar-refractivity contribution in [1.29, 1.82) is 0 Å². The maximum Gasteiger partial charge on any atom is 0.408 e. The van der Waals surface area contributed by atoms with Crippen LogP contribution >= 0.6 is 0 Å². The lowest BCUT2D eigenvalue weighted by atomic mass is 9.81. The van der Waals surface area contributed by atoms with E-state index in [2.05, 4.69) is 10.6 Å². The van der Waals surface area contributed by atoms with Crippen molar-refractivity contribution >= 4 is 33.8 Å². The second-order valence-corrected chi connectivity index (χ2v) is 10.2. The van der Waals surface area contributed by atoms with E-state index in [1.807, 2.05) is 61.7 Å². The van der Waals surface area contributed by atoms with E-state index in [4.69, 9.17) is 4.74 Å². The largest absolute Gasteiger partial charge is 0.444 e. The minimum absolute atomic E-state index is 0.0365. The number of carbonyl (C=O) groups is 2. The first kappa shape index (κ1) is 23.8. The van der Waals surface area contributed by atoms with Crippen LogP contribution in [0.25, 0.3) is 21.8 Å². The molecule has 180 valence electrons. The van der Waals surface area contributed by atoms with Crippen LogP contribution in [-0.4, -0.2) is 34.3 Å². The number of nitrogens with one attached hydrogen (secondary N) is 2. The molecule has 0 aliphatic heterocycles. The lowest BCUT2D eigenvalue weighted by Crippen LogP contribution is -2.57. The second kappa shape index (κ2) is 9.49. The number of nitrogens with zero attached hydrogens (tertiary/aromatic N) is 1. The molecule has 34 heavy (non-hydrogen) atoms. The highest BCUT2D eigenvalue weighted by Gasteiger charge is 2.35. The number of rotatable bonds is 5. The summed E-state index contributed by atoms with van der Waals surface area (Å²) in [4.78, 5) is 38.6. The molecule has 1 aliphatic rings. The summed E-state index contributed by atoms with van der Waals surface area (Å²) in [5, 5.41) is 7.27. The van der Waals surface area contributed by atoms with Crippen LogP contribution in [0.3, 0.4) is 0 Å². The highest BCUT2D eigenvalue weighted by Crippen LogP contribution is 2.28. The molecule has 2 amide bonds. The van der Waals surface area contributed by atoms with Crippen molar-refractivity contribution in [1.82, 2.24) is 15.2 Å². The van der Waals surface area contributed by atoms with E-state index < -0.39 is 17.2 Å². The monoisotopic (exact) mass is 463 g/mol. The van der Waals surface area contributed by atoms with Gasteiger partial charge in [-0.05, 0) is 57.9 Å². The van der Waals surface area contributed by atoms with Gasteiger partial charge in [-0.3, -0.25) is 9.59 Å². The summed E-state index contributed by atoms with van der Waals surface area (Å²) in [7, 11) is 0. The summed E-state index contributed by atoms with van der Waals surface area (Å²) in [6.45, 7) is 5.91. The molecule has 4 rings (SSSR count). The number of para-hydroxylation sites is 2. The Hall–Kier alpha value is -3.35. The third-order valence-corrected chi connectivity index (χ3v) is 6.38. The molecule has 3 aromatic rings. The number of fused-ring (bicyclic) bond motifs is 2. The minimum atomic E-state index is -0.588. The molecule has 1 saturated carbocycles. The van der Waals surface area contributed by atoms with Gasteiger partial charge in [0.25, 0.3) is 0 Å². The molecule has 0 bridgehead atoms. The van der Waals surface area contributed by atoms with Crippen molar-refractivity contribution in [3.05, 3.63) is 58.8 Å². The molecule has 0 saturated heterocycles. The summed E-state index contributed by atoms with van der Waals surface area (Å²) in [5.41, 5.74) is 0.298. The molecular formula is C27H33N3O4. The lowest BCUT2D eigenvalue weighted by Gasteiger charge is -2.38. The number of ether oxygens (including phenoxy) is 1. The summed E-state index contributed by atoms with van der Waals surface area (Å²) in [5.74, 6) is -0.171. The van der Waals surface area contributed by atoms with Crippen LogP contribution in [0.15, 0.2) is 53.3 Å². The van der Waals surface area contributed by atoms with Gasteiger partial charge >= 0.3 is 6.09 Å². The minimum Gasteiger partial charge on any atom is -0.444 e. The van der Waals surface area contributed by atoms with Crippen molar-refractivity contribution in [3.8, 4) is 0 Å². The molecule has 1 aliphatic carbocycles. The van der Waals surface area contributed by atoms with Crippen LogP contribution < -0.4 is 16.1 Å². The van der Waals surface area contributed by atoms with Gasteiger partial charge in [0.1, 0.15) is 12.1 Å². The van der Waals surface area contributed by atoms with Gasteiger partial charge < -0.3 is 19.9 Å². The standard InChI is InChI=1S/C27H33N3O4/c1-26(2,3)34-25(33)29-27(15-9-4-10-16-27)18-28-23(31)17-30-21-13-7-5-11-19(21)24(32)20-12-6-8-14-22(20)30/h5-8,11-14H,4,9-10,15-18H2,1-3H3,(H,28,31)(H,29,33). The topological polar surface area (TPSA) is 89.4 Å². The molecule has 7 nitrogen and oxygen atoms in total. The van der Waals surface area contributed by atoms with E-state index in [-0.39, 0.29) is 17.9 Å². The van der Waals surface area contributed by atoms with Gasteiger partial charge in [-0.1, -0.05) is 43.5 Å². The van der Waals surface area contributed by atoms with Gasteiger partial charge in [0.2, 0.25) is 5.91 Å². The van der Waals surface area contributed by atoms with E-state index in [0.29, 0.717) is 17.3 Å². The van der Waals surface area contributed by atoms with Crippen LogP contribution in [0.1, 0.15) is 52.9 Å².